The van der Waals surface area contributed by atoms with Gasteiger partial charge in [-0.1, -0.05) is 38.7 Å². The van der Waals surface area contributed by atoms with E-state index in [1.807, 2.05) is 18.2 Å². The number of unbranched alkanes of at least 4 members (excludes halogenated alkanes) is 4. The summed E-state index contributed by atoms with van der Waals surface area (Å²) in [7, 11) is 0. The van der Waals surface area contributed by atoms with Crippen molar-refractivity contribution in [1.82, 2.24) is 4.90 Å². The van der Waals surface area contributed by atoms with E-state index in [0.29, 0.717) is 70.5 Å². The number of esters is 1. The van der Waals surface area contributed by atoms with Gasteiger partial charge in [-0.05, 0) is 50.0 Å². The first-order valence-corrected chi connectivity index (χ1v) is 15.3. The first-order chi connectivity index (χ1) is 19.6. The topological polar surface area (TPSA) is 110 Å². The number of nitrogens with zero attached hydrogens (tertiary/aromatic N) is 1. The standard InChI is InChI=1S/C31H50N2O7/c1-2-3-4-5-6-9-27(34)22-26(24-33-14-7-8-15-33)31(25-10-11-28-29(23-25)39-21-20-38-28)40-30(35)12-16-36-18-19-37-17-13-32/h10-11,23,26,31H,2-9,12-22,24,32H2,1H3/t26-,31-/m1/s1. The van der Waals surface area contributed by atoms with E-state index in [1.165, 1.54) is 19.3 Å². The Morgan fingerprint density at radius 2 is 1.65 bits per heavy atom. The van der Waals surface area contributed by atoms with Crippen LogP contribution in [0.15, 0.2) is 18.2 Å². The second-order valence-corrected chi connectivity index (χ2v) is 10.8. The number of hydrogen-bond acceptors (Lipinski definition) is 9. The number of rotatable bonds is 21. The van der Waals surface area contributed by atoms with Crippen molar-refractivity contribution in [3.8, 4) is 11.5 Å². The minimum absolute atomic E-state index is 0.125. The van der Waals surface area contributed by atoms with E-state index < -0.39 is 6.10 Å². The van der Waals surface area contributed by atoms with E-state index in [-0.39, 0.29) is 30.7 Å². The molecule has 2 N–H and O–H groups in total. The fourth-order valence-electron chi connectivity index (χ4n) is 5.32. The van der Waals surface area contributed by atoms with Crippen LogP contribution in [0, 0.1) is 5.92 Å². The molecule has 226 valence electrons. The van der Waals surface area contributed by atoms with Crippen LogP contribution in [0.3, 0.4) is 0 Å². The molecule has 0 bridgehead atoms. The molecule has 0 amide bonds. The number of Topliss-reactive ketones (excluding diaryl/α,β-unsaturated/α-hetero) is 1. The molecule has 0 spiro atoms. The monoisotopic (exact) mass is 562 g/mol. The van der Waals surface area contributed by atoms with Gasteiger partial charge in [0.1, 0.15) is 25.1 Å². The third-order valence-corrected chi connectivity index (χ3v) is 7.41. The van der Waals surface area contributed by atoms with Crippen molar-refractivity contribution in [2.45, 2.75) is 77.2 Å². The maximum Gasteiger partial charge on any atom is 0.308 e. The van der Waals surface area contributed by atoms with Crippen LogP contribution in [0.2, 0.25) is 0 Å². The van der Waals surface area contributed by atoms with Gasteiger partial charge in [-0.3, -0.25) is 9.59 Å². The predicted molar refractivity (Wildman–Crippen MR) is 154 cm³/mol. The van der Waals surface area contributed by atoms with Gasteiger partial charge in [0.05, 0.1) is 32.8 Å². The van der Waals surface area contributed by atoms with E-state index in [1.54, 1.807) is 0 Å². The summed E-state index contributed by atoms with van der Waals surface area (Å²) in [5, 5.41) is 0. The fraction of sp³-hybridized carbons (Fsp3) is 0.742. The summed E-state index contributed by atoms with van der Waals surface area (Å²) in [4.78, 5) is 28.6. The molecule has 1 fully saturated rings. The maximum absolute atomic E-state index is 13.2. The van der Waals surface area contributed by atoms with E-state index in [4.69, 9.17) is 29.4 Å². The summed E-state index contributed by atoms with van der Waals surface area (Å²) >= 11 is 0. The quantitative estimate of drug-likeness (QED) is 0.172. The summed E-state index contributed by atoms with van der Waals surface area (Å²) in [5.41, 5.74) is 6.25. The number of likely N-dealkylation sites (tertiary alicyclic amines) is 1. The van der Waals surface area contributed by atoms with Gasteiger partial charge in [0, 0.05) is 31.8 Å². The number of carbonyl (C=O) groups excluding carboxylic acids is 2. The summed E-state index contributed by atoms with van der Waals surface area (Å²) in [6.45, 7) is 7.91. The van der Waals surface area contributed by atoms with E-state index in [2.05, 4.69) is 11.8 Å². The van der Waals surface area contributed by atoms with Gasteiger partial charge in [0.15, 0.2) is 11.5 Å². The molecule has 2 aliphatic rings. The summed E-state index contributed by atoms with van der Waals surface area (Å²) in [6.07, 6.45) is 8.36. The van der Waals surface area contributed by atoms with Crippen LogP contribution in [0.25, 0.3) is 0 Å². The Bertz CT molecular complexity index is 875. The SMILES string of the molecule is CCCCCCCC(=O)C[C@H](CN1CCCC1)[C@H](OC(=O)CCOCCOCCN)c1ccc2c(c1)OCCO2. The molecule has 9 heteroatoms. The van der Waals surface area contributed by atoms with Crippen molar-refractivity contribution in [3.05, 3.63) is 23.8 Å². The average Bonchev–Trinajstić information content (AvgIpc) is 3.48. The largest absolute Gasteiger partial charge is 0.486 e. The van der Waals surface area contributed by atoms with Crippen molar-refractivity contribution in [3.63, 3.8) is 0 Å². The number of ether oxygens (including phenoxy) is 5. The summed E-state index contributed by atoms with van der Waals surface area (Å²) in [6, 6.07) is 5.71. The maximum atomic E-state index is 13.2. The lowest BCUT2D eigenvalue weighted by Gasteiger charge is -2.31. The average molecular weight is 563 g/mol. The van der Waals surface area contributed by atoms with Crippen LogP contribution < -0.4 is 15.2 Å². The molecular formula is C31H50N2O7. The van der Waals surface area contributed by atoms with Crippen molar-refractivity contribution in [2.75, 3.05) is 65.8 Å². The van der Waals surface area contributed by atoms with Crippen molar-refractivity contribution < 1.29 is 33.3 Å². The number of hydrogen-bond donors (Lipinski definition) is 1. The molecule has 0 unspecified atom stereocenters. The van der Waals surface area contributed by atoms with E-state index in [9.17, 15) is 9.59 Å². The van der Waals surface area contributed by atoms with Gasteiger partial charge in [-0.2, -0.15) is 0 Å². The number of fused-ring (bicyclic) bond motifs is 1. The van der Waals surface area contributed by atoms with Gasteiger partial charge in [0.2, 0.25) is 0 Å². The molecule has 1 aromatic carbocycles. The highest BCUT2D eigenvalue weighted by molar-refractivity contribution is 5.78. The molecule has 3 rings (SSSR count). The highest BCUT2D eigenvalue weighted by Gasteiger charge is 2.32. The molecular weight excluding hydrogens is 512 g/mol. The Morgan fingerprint density at radius 3 is 2.40 bits per heavy atom. The Balaban J connectivity index is 1.70. The zero-order chi connectivity index (χ0) is 28.4. The lowest BCUT2D eigenvalue weighted by atomic mass is 9.88. The Labute approximate surface area is 240 Å². The van der Waals surface area contributed by atoms with Crippen LogP contribution in [0.4, 0.5) is 0 Å². The molecule has 1 saturated heterocycles. The molecule has 0 radical (unpaired) electrons. The van der Waals surface area contributed by atoms with Crippen LogP contribution >= 0.6 is 0 Å². The molecule has 0 aliphatic carbocycles. The number of ketones is 1. The van der Waals surface area contributed by atoms with Crippen molar-refractivity contribution in [1.29, 1.82) is 0 Å². The zero-order valence-corrected chi connectivity index (χ0v) is 24.4. The highest BCUT2D eigenvalue weighted by Crippen LogP contribution is 2.38. The van der Waals surface area contributed by atoms with Crippen LogP contribution in [-0.4, -0.2) is 82.5 Å². The molecule has 0 saturated carbocycles. The number of nitrogens with two attached hydrogens (primary N) is 1. The Morgan fingerprint density at radius 1 is 0.925 bits per heavy atom. The van der Waals surface area contributed by atoms with E-state index in [0.717, 1.165) is 44.3 Å². The smallest absolute Gasteiger partial charge is 0.308 e. The first-order valence-electron chi connectivity index (χ1n) is 15.3. The highest BCUT2D eigenvalue weighted by atomic mass is 16.6. The van der Waals surface area contributed by atoms with Gasteiger partial charge < -0.3 is 34.3 Å². The zero-order valence-electron chi connectivity index (χ0n) is 24.4. The van der Waals surface area contributed by atoms with Crippen LogP contribution in [0.1, 0.15) is 82.8 Å². The van der Waals surface area contributed by atoms with Crippen LogP contribution in [-0.2, 0) is 23.8 Å². The third kappa shape index (κ3) is 11.7. The van der Waals surface area contributed by atoms with E-state index >= 15 is 0 Å². The Hall–Kier alpha value is -2.20. The lowest BCUT2D eigenvalue weighted by molar-refractivity contribution is -0.155. The second-order valence-electron chi connectivity index (χ2n) is 10.8. The summed E-state index contributed by atoms with van der Waals surface area (Å²) in [5.74, 6) is 1.07. The molecule has 2 aliphatic heterocycles. The van der Waals surface area contributed by atoms with Gasteiger partial charge in [-0.15, -0.1) is 0 Å². The fourth-order valence-corrected chi connectivity index (χ4v) is 5.32. The number of carbonyl (C=O) groups is 2. The first kappa shape index (κ1) is 32.3. The molecule has 1 aromatic rings. The van der Waals surface area contributed by atoms with Crippen molar-refractivity contribution >= 4 is 11.8 Å². The lowest BCUT2D eigenvalue weighted by Crippen LogP contribution is -2.33. The minimum Gasteiger partial charge on any atom is -0.486 e. The molecule has 2 heterocycles. The molecule has 2 atom stereocenters. The molecule has 40 heavy (non-hydrogen) atoms. The van der Waals surface area contributed by atoms with Crippen LogP contribution in [0.5, 0.6) is 11.5 Å². The van der Waals surface area contributed by atoms with Gasteiger partial charge in [-0.25, -0.2) is 0 Å². The molecule has 0 aromatic heterocycles. The predicted octanol–water partition coefficient (Wildman–Crippen LogP) is 4.46. The third-order valence-electron chi connectivity index (χ3n) is 7.41. The second kappa shape index (κ2) is 19.0. The summed E-state index contributed by atoms with van der Waals surface area (Å²) < 4.78 is 28.6. The van der Waals surface area contributed by atoms with Crippen molar-refractivity contribution in [2.24, 2.45) is 11.7 Å². The Kier molecular flexibility index (Phi) is 15.4. The van der Waals surface area contributed by atoms with Gasteiger partial charge >= 0.3 is 5.97 Å². The molecule has 9 nitrogen and oxygen atoms in total. The normalized spacial score (nSPS) is 16.6. The minimum atomic E-state index is -0.569. The number of benzene rings is 1. The van der Waals surface area contributed by atoms with Gasteiger partial charge in [0.25, 0.3) is 0 Å².